The first-order chi connectivity index (χ1) is 14.7. The summed E-state index contributed by atoms with van der Waals surface area (Å²) in [5.41, 5.74) is 4.99. The molecule has 6 rings (SSSR count). The van der Waals surface area contributed by atoms with Crippen LogP contribution in [0.3, 0.4) is 0 Å². The van der Waals surface area contributed by atoms with Gasteiger partial charge in [0.1, 0.15) is 11.5 Å². The van der Waals surface area contributed by atoms with Gasteiger partial charge in [0.2, 0.25) is 6.79 Å². The van der Waals surface area contributed by atoms with E-state index in [1.807, 2.05) is 31.2 Å². The lowest BCUT2D eigenvalue weighted by molar-refractivity contribution is 0.0750. The second-order valence-electron chi connectivity index (χ2n) is 8.67. The number of ether oxygens (including phenoxy) is 2. The molecule has 3 aromatic rings. The fraction of sp³-hybridized carbons (Fsp3) is 0.417. The summed E-state index contributed by atoms with van der Waals surface area (Å²) >= 11 is 0. The number of hydrogen-bond donors (Lipinski definition) is 1. The number of hydrogen-bond acceptors (Lipinski definition) is 5. The first-order valence-corrected chi connectivity index (χ1v) is 10.8. The Hall–Kier alpha value is -2.86. The summed E-state index contributed by atoms with van der Waals surface area (Å²) < 4.78 is 13.5. The van der Waals surface area contributed by atoms with Crippen LogP contribution >= 0.6 is 0 Å². The van der Waals surface area contributed by atoms with Crippen molar-refractivity contribution in [3.63, 3.8) is 0 Å². The van der Waals surface area contributed by atoms with Crippen LogP contribution in [0.15, 0.2) is 36.4 Å². The van der Waals surface area contributed by atoms with Crippen LogP contribution in [0.4, 0.5) is 0 Å². The van der Waals surface area contributed by atoms with E-state index in [9.17, 15) is 5.11 Å². The highest BCUT2D eigenvalue weighted by Crippen LogP contribution is 2.47. The van der Waals surface area contributed by atoms with Crippen molar-refractivity contribution < 1.29 is 14.6 Å². The number of aliphatic hydroxyl groups excluding tert-OH is 1. The van der Waals surface area contributed by atoms with Crippen molar-refractivity contribution in [2.75, 3.05) is 6.79 Å². The second-order valence-corrected chi connectivity index (χ2v) is 8.67. The maximum absolute atomic E-state index is 10.2. The Morgan fingerprint density at radius 2 is 1.93 bits per heavy atom. The summed E-state index contributed by atoms with van der Waals surface area (Å²) in [5.74, 6) is 3.61. The van der Waals surface area contributed by atoms with Gasteiger partial charge in [-0.3, -0.25) is 4.98 Å². The zero-order valence-corrected chi connectivity index (χ0v) is 17.0. The van der Waals surface area contributed by atoms with Gasteiger partial charge in [-0.2, -0.15) is 0 Å². The maximum atomic E-state index is 10.2. The summed E-state index contributed by atoms with van der Waals surface area (Å²) in [6, 6.07) is 12.2. The van der Waals surface area contributed by atoms with Gasteiger partial charge in [0, 0.05) is 23.7 Å². The molecule has 4 heterocycles. The maximum Gasteiger partial charge on any atom is 0.231 e. The van der Waals surface area contributed by atoms with E-state index in [4.69, 9.17) is 19.4 Å². The van der Waals surface area contributed by atoms with E-state index in [0.29, 0.717) is 11.8 Å². The van der Waals surface area contributed by atoms with Crippen LogP contribution in [-0.2, 0) is 6.54 Å². The predicted molar refractivity (Wildman–Crippen MR) is 112 cm³/mol. The Labute approximate surface area is 175 Å². The molecule has 2 aromatic heterocycles. The molecule has 30 heavy (non-hydrogen) atoms. The lowest BCUT2D eigenvalue weighted by Crippen LogP contribution is -2.32. The SMILES string of the molecule is Cc1cccc(-c2nc3n(c2-c2ccc4c(c2)OCO4)CC[C@H]2C[C@H](O)CC[C@H]32)n1. The third kappa shape index (κ3) is 2.82. The molecule has 2 aliphatic heterocycles. The smallest absolute Gasteiger partial charge is 0.231 e. The van der Waals surface area contributed by atoms with Crippen LogP contribution in [0.25, 0.3) is 22.6 Å². The van der Waals surface area contributed by atoms with E-state index in [0.717, 1.165) is 77.9 Å². The first kappa shape index (κ1) is 18.0. The van der Waals surface area contributed by atoms with Crippen LogP contribution < -0.4 is 9.47 Å². The van der Waals surface area contributed by atoms with Crippen molar-refractivity contribution in [3.8, 4) is 34.1 Å². The summed E-state index contributed by atoms with van der Waals surface area (Å²) in [6.07, 6.45) is 3.63. The molecular formula is C24H25N3O3. The Morgan fingerprint density at radius 3 is 2.83 bits per heavy atom. The van der Waals surface area contributed by atoms with Gasteiger partial charge in [-0.15, -0.1) is 0 Å². The minimum atomic E-state index is -0.168. The van der Waals surface area contributed by atoms with Crippen LogP contribution in [-0.4, -0.2) is 32.5 Å². The standard InChI is InChI=1S/C24H25N3O3/c1-14-3-2-4-19(25-14)22-23(16-5-8-20-21(12-16)30-13-29-20)27-10-9-15-11-17(28)6-7-18(15)24(27)26-22/h2-5,8,12,15,17-18,28H,6-7,9-11,13H2,1H3/t15-,17+,18-/m0/s1. The zero-order valence-electron chi connectivity index (χ0n) is 17.0. The lowest BCUT2D eigenvalue weighted by atomic mass is 9.74. The monoisotopic (exact) mass is 403 g/mol. The molecule has 0 bridgehead atoms. The quantitative estimate of drug-likeness (QED) is 0.691. The summed E-state index contributed by atoms with van der Waals surface area (Å²) in [7, 11) is 0. The number of imidazole rings is 1. The molecular weight excluding hydrogens is 378 g/mol. The number of fused-ring (bicyclic) bond motifs is 4. The molecule has 1 N–H and O–H groups in total. The topological polar surface area (TPSA) is 69.4 Å². The molecule has 1 saturated carbocycles. The Balaban J connectivity index is 1.54. The normalized spacial score (nSPS) is 24.4. The molecule has 0 saturated heterocycles. The molecule has 0 radical (unpaired) electrons. The number of aryl methyl sites for hydroxylation is 1. The molecule has 6 heteroatoms. The average Bonchev–Trinajstić information content (AvgIpc) is 3.37. The van der Waals surface area contributed by atoms with Crippen LogP contribution in [0.5, 0.6) is 11.5 Å². The van der Waals surface area contributed by atoms with Crippen LogP contribution in [0.2, 0.25) is 0 Å². The largest absolute Gasteiger partial charge is 0.454 e. The second kappa shape index (κ2) is 6.84. The number of benzene rings is 1. The van der Waals surface area contributed by atoms with Crippen molar-refractivity contribution >= 4 is 0 Å². The van der Waals surface area contributed by atoms with Gasteiger partial charge in [0.15, 0.2) is 11.5 Å². The number of aliphatic hydroxyl groups is 1. The summed E-state index contributed by atoms with van der Waals surface area (Å²) in [5, 5.41) is 10.2. The third-order valence-corrected chi connectivity index (χ3v) is 6.78. The van der Waals surface area contributed by atoms with Gasteiger partial charge >= 0.3 is 0 Å². The molecule has 1 aromatic carbocycles. The zero-order chi connectivity index (χ0) is 20.2. The van der Waals surface area contributed by atoms with Gasteiger partial charge in [-0.25, -0.2) is 4.98 Å². The Morgan fingerprint density at radius 1 is 1.03 bits per heavy atom. The molecule has 1 fully saturated rings. The average molecular weight is 403 g/mol. The fourth-order valence-corrected chi connectivity index (χ4v) is 5.36. The van der Waals surface area contributed by atoms with E-state index in [1.165, 1.54) is 0 Å². The van der Waals surface area contributed by atoms with Crippen molar-refractivity contribution in [1.29, 1.82) is 0 Å². The Bertz CT molecular complexity index is 1120. The van der Waals surface area contributed by atoms with Crippen LogP contribution in [0.1, 0.15) is 43.1 Å². The van der Waals surface area contributed by atoms with Crippen molar-refractivity contribution in [2.24, 2.45) is 5.92 Å². The van der Waals surface area contributed by atoms with Crippen LogP contribution in [0, 0.1) is 12.8 Å². The lowest BCUT2D eigenvalue weighted by Gasteiger charge is -2.38. The van der Waals surface area contributed by atoms with Crippen molar-refractivity contribution in [2.45, 2.75) is 51.2 Å². The van der Waals surface area contributed by atoms with Gasteiger partial charge in [0.05, 0.1) is 17.5 Å². The number of pyridine rings is 1. The molecule has 3 aliphatic rings. The van der Waals surface area contributed by atoms with E-state index in [2.05, 4.69) is 16.7 Å². The molecule has 1 aliphatic carbocycles. The minimum absolute atomic E-state index is 0.168. The number of nitrogens with zero attached hydrogens (tertiary/aromatic N) is 3. The molecule has 6 nitrogen and oxygen atoms in total. The van der Waals surface area contributed by atoms with E-state index in [-0.39, 0.29) is 12.9 Å². The molecule has 0 spiro atoms. The third-order valence-electron chi connectivity index (χ3n) is 6.78. The van der Waals surface area contributed by atoms with E-state index in [1.54, 1.807) is 0 Å². The van der Waals surface area contributed by atoms with E-state index < -0.39 is 0 Å². The van der Waals surface area contributed by atoms with Gasteiger partial charge in [0.25, 0.3) is 0 Å². The number of aromatic nitrogens is 3. The highest BCUT2D eigenvalue weighted by atomic mass is 16.7. The summed E-state index contributed by atoms with van der Waals surface area (Å²) in [6.45, 7) is 3.19. The summed E-state index contributed by atoms with van der Waals surface area (Å²) in [4.78, 5) is 9.98. The van der Waals surface area contributed by atoms with Crippen molar-refractivity contribution in [1.82, 2.24) is 14.5 Å². The number of rotatable bonds is 2. The molecule has 3 atom stereocenters. The molecule has 0 amide bonds. The predicted octanol–water partition coefficient (Wildman–Crippen LogP) is 4.30. The minimum Gasteiger partial charge on any atom is -0.454 e. The molecule has 0 unspecified atom stereocenters. The first-order valence-electron chi connectivity index (χ1n) is 10.8. The van der Waals surface area contributed by atoms with E-state index >= 15 is 0 Å². The van der Waals surface area contributed by atoms with Gasteiger partial charge < -0.3 is 19.1 Å². The molecule has 154 valence electrons. The highest BCUT2D eigenvalue weighted by Gasteiger charge is 2.38. The highest BCUT2D eigenvalue weighted by molar-refractivity contribution is 5.79. The Kier molecular flexibility index (Phi) is 4.09. The van der Waals surface area contributed by atoms with Gasteiger partial charge in [-0.1, -0.05) is 6.07 Å². The fourth-order valence-electron chi connectivity index (χ4n) is 5.36. The van der Waals surface area contributed by atoms with Crippen molar-refractivity contribution in [3.05, 3.63) is 47.9 Å². The van der Waals surface area contributed by atoms with Gasteiger partial charge in [-0.05, 0) is 68.9 Å².